The van der Waals surface area contributed by atoms with Gasteiger partial charge >= 0.3 is 6.03 Å². The van der Waals surface area contributed by atoms with E-state index in [-0.39, 0.29) is 23.6 Å². The van der Waals surface area contributed by atoms with Crippen LogP contribution in [0.1, 0.15) is 39.0 Å². The zero-order chi connectivity index (χ0) is 17.4. The smallest absolute Gasteiger partial charge is 0.317 e. The lowest BCUT2D eigenvalue weighted by Gasteiger charge is -2.40. The van der Waals surface area contributed by atoms with Crippen molar-refractivity contribution in [3.8, 4) is 0 Å². The molecule has 134 valence electrons. The number of nitrogens with zero attached hydrogens (tertiary/aromatic N) is 2. The molecule has 2 rings (SSSR count). The van der Waals surface area contributed by atoms with E-state index in [1.807, 2.05) is 11.0 Å². The largest absolute Gasteiger partial charge is 0.396 e. The molecule has 0 radical (unpaired) electrons. The van der Waals surface area contributed by atoms with Crippen molar-refractivity contribution >= 4 is 6.03 Å². The van der Waals surface area contributed by atoms with Gasteiger partial charge in [-0.15, -0.1) is 0 Å². The standard InChI is InChI=1S/C18H29N3O3/c1-2-18(15-22)8-13-21(14-9-18)17(24)19-10-4-6-12-20-11-5-3-7-16(20)23/h3,5,7,11,22H,2,4,6,8-10,12-15H2,1H3,(H,19,24). The molecule has 6 nitrogen and oxygen atoms in total. The third-order valence-corrected chi connectivity index (χ3v) is 5.20. The molecule has 6 heteroatoms. The molecule has 1 saturated heterocycles. The average molecular weight is 335 g/mol. The molecule has 1 aliphatic rings. The molecule has 24 heavy (non-hydrogen) atoms. The molecular weight excluding hydrogens is 306 g/mol. The van der Waals surface area contributed by atoms with Gasteiger partial charge < -0.3 is 19.9 Å². The molecule has 0 aliphatic carbocycles. The van der Waals surface area contributed by atoms with Gasteiger partial charge in [0, 0.05) is 45.0 Å². The van der Waals surface area contributed by atoms with Crippen LogP contribution >= 0.6 is 0 Å². The summed E-state index contributed by atoms with van der Waals surface area (Å²) in [7, 11) is 0. The van der Waals surface area contributed by atoms with E-state index in [0.29, 0.717) is 26.2 Å². The Morgan fingerprint density at radius 3 is 2.67 bits per heavy atom. The fraction of sp³-hybridized carbons (Fsp3) is 0.667. The lowest BCUT2D eigenvalue weighted by Crippen LogP contribution is -2.48. The SMILES string of the molecule is CCC1(CO)CCN(C(=O)NCCCCn2ccccc2=O)CC1. The highest BCUT2D eigenvalue weighted by atomic mass is 16.3. The summed E-state index contributed by atoms with van der Waals surface area (Å²) in [4.78, 5) is 25.6. The molecule has 0 saturated carbocycles. The van der Waals surface area contributed by atoms with Crippen LogP contribution in [0.4, 0.5) is 4.79 Å². The van der Waals surface area contributed by atoms with E-state index in [0.717, 1.165) is 32.1 Å². The Morgan fingerprint density at radius 2 is 2.04 bits per heavy atom. The van der Waals surface area contributed by atoms with Gasteiger partial charge in [-0.1, -0.05) is 13.0 Å². The Balaban J connectivity index is 1.64. The number of pyridine rings is 1. The first-order valence-electron chi connectivity index (χ1n) is 8.89. The molecular formula is C18H29N3O3. The molecule has 1 aliphatic heterocycles. The van der Waals surface area contributed by atoms with Crippen LogP contribution in [0.5, 0.6) is 0 Å². The number of amides is 2. The fourth-order valence-electron chi connectivity index (χ4n) is 3.17. The topological polar surface area (TPSA) is 74.6 Å². The predicted octanol–water partition coefficient (Wildman–Crippen LogP) is 1.82. The van der Waals surface area contributed by atoms with Crippen LogP contribution < -0.4 is 10.9 Å². The summed E-state index contributed by atoms with van der Waals surface area (Å²) in [5.41, 5.74) is 0.0119. The van der Waals surface area contributed by atoms with Gasteiger partial charge in [-0.25, -0.2) is 4.79 Å². The van der Waals surface area contributed by atoms with Gasteiger partial charge in [0.25, 0.3) is 0 Å². The number of unbranched alkanes of at least 4 members (excludes halogenated alkanes) is 1. The maximum absolute atomic E-state index is 12.2. The first kappa shape index (κ1) is 18.5. The summed E-state index contributed by atoms with van der Waals surface area (Å²) in [6.45, 7) is 5.02. The van der Waals surface area contributed by atoms with Crippen LogP contribution in [-0.4, -0.2) is 46.8 Å². The van der Waals surface area contributed by atoms with Crippen molar-refractivity contribution in [2.45, 2.75) is 45.6 Å². The molecule has 1 aromatic rings. The van der Waals surface area contributed by atoms with Gasteiger partial charge in [0.15, 0.2) is 0 Å². The van der Waals surface area contributed by atoms with Gasteiger partial charge in [-0.3, -0.25) is 4.79 Å². The number of aryl methyl sites for hydroxylation is 1. The second-order valence-corrected chi connectivity index (χ2v) is 6.67. The number of aliphatic hydroxyl groups excluding tert-OH is 1. The molecule has 0 unspecified atom stereocenters. The molecule has 2 amide bonds. The van der Waals surface area contributed by atoms with Gasteiger partial charge in [-0.05, 0) is 43.6 Å². The van der Waals surface area contributed by atoms with Gasteiger partial charge in [-0.2, -0.15) is 0 Å². The number of nitrogens with one attached hydrogen (secondary N) is 1. The third kappa shape index (κ3) is 4.84. The average Bonchev–Trinajstić information content (AvgIpc) is 2.63. The predicted molar refractivity (Wildman–Crippen MR) is 94.0 cm³/mol. The van der Waals surface area contributed by atoms with E-state index in [4.69, 9.17) is 0 Å². The number of hydrogen-bond donors (Lipinski definition) is 2. The van der Waals surface area contributed by atoms with Crippen molar-refractivity contribution in [2.24, 2.45) is 5.41 Å². The maximum atomic E-state index is 12.2. The van der Waals surface area contributed by atoms with Crippen molar-refractivity contribution in [2.75, 3.05) is 26.2 Å². The van der Waals surface area contributed by atoms with Crippen LogP contribution in [0.25, 0.3) is 0 Å². The van der Waals surface area contributed by atoms with Gasteiger partial charge in [0.2, 0.25) is 5.56 Å². The molecule has 1 fully saturated rings. The highest BCUT2D eigenvalue weighted by Gasteiger charge is 2.33. The zero-order valence-electron chi connectivity index (χ0n) is 14.5. The number of rotatable bonds is 7. The summed E-state index contributed by atoms with van der Waals surface area (Å²) in [6, 6.07) is 5.12. The van der Waals surface area contributed by atoms with Crippen molar-refractivity contribution < 1.29 is 9.90 Å². The molecule has 0 atom stereocenters. The van der Waals surface area contributed by atoms with E-state index >= 15 is 0 Å². The van der Waals surface area contributed by atoms with Crippen molar-refractivity contribution in [3.63, 3.8) is 0 Å². The molecule has 1 aromatic heterocycles. The Hall–Kier alpha value is -1.82. The summed E-state index contributed by atoms with van der Waals surface area (Å²) in [6.07, 6.45) is 6.17. The van der Waals surface area contributed by atoms with E-state index in [1.54, 1.807) is 22.9 Å². The maximum Gasteiger partial charge on any atom is 0.317 e. The number of aromatic nitrogens is 1. The number of aliphatic hydroxyl groups is 1. The van der Waals surface area contributed by atoms with Crippen molar-refractivity contribution in [1.82, 2.24) is 14.8 Å². The van der Waals surface area contributed by atoms with E-state index < -0.39 is 0 Å². The number of carbonyl (C=O) groups excluding carboxylic acids is 1. The van der Waals surface area contributed by atoms with Gasteiger partial charge in [0.05, 0.1) is 0 Å². The van der Waals surface area contributed by atoms with Crippen LogP contribution in [0.15, 0.2) is 29.2 Å². The lowest BCUT2D eigenvalue weighted by molar-refractivity contribution is 0.0520. The Labute approximate surface area is 143 Å². The highest BCUT2D eigenvalue weighted by molar-refractivity contribution is 5.74. The molecule has 0 bridgehead atoms. The third-order valence-electron chi connectivity index (χ3n) is 5.20. The fourth-order valence-corrected chi connectivity index (χ4v) is 3.17. The molecule has 2 N–H and O–H groups in total. The number of piperidine rings is 1. The summed E-state index contributed by atoms with van der Waals surface area (Å²) >= 11 is 0. The van der Waals surface area contributed by atoms with Crippen molar-refractivity contribution in [1.29, 1.82) is 0 Å². The number of carbonyl (C=O) groups is 1. The molecule has 0 spiro atoms. The second-order valence-electron chi connectivity index (χ2n) is 6.67. The first-order chi connectivity index (χ1) is 11.6. The lowest BCUT2D eigenvalue weighted by atomic mass is 9.77. The summed E-state index contributed by atoms with van der Waals surface area (Å²) in [5, 5.41) is 12.5. The zero-order valence-corrected chi connectivity index (χ0v) is 14.5. The molecule has 0 aromatic carbocycles. The first-order valence-corrected chi connectivity index (χ1v) is 8.89. The number of likely N-dealkylation sites (tertiary alicyclic amines) is 1. The minimum atomic E-state index is -0.0190. The Bertz CT molecular complexity index is 571. The summed E-state index contributed by atoms with van der Waals surface area (Å²) in [5.74, 6) is 0. The normalized spacial score (nSPS) is 16.8. The van der Waals surface area contributed by atoms with Crippen LogP contribution in [0, 0.1) is 5.41 Å². The van der Waals surface area contributed by atoms with E-state index in [9.17, 15) is 14.7 Å². The second kappa shape index (κ2) is 8.87. The number of urea groups is 1. The molecule has 2 heterocycles. The van der Waals surface area contributed by atoms with Crippen LogP contribution in [-0.2, 0) is 6.54 Å². The minimum absolute atomic E-state index is 0.000274. The minimum Gasteiger partial charge on any atom is -0.396 e. The quantitative estimate of drug-likeness (QED) is 0.747. The van der Waals surface area contributed by atoms with E-state index in [1.165, 1.54) is 0 Å². The van der Waals surface area contributed by atoms with E-state index in [2.05, 4.69) is 12.2 Å². The highest BCUT2D eigenvalue weighted by Crippen LogP contribution is 2.34. The summed E-state index contributed by atoms with van der Waals surface area (Å²) < 4.78 is 1.69. The van der Waals surface area contributed by atoms with Crippen molar-refractivity contribution in [3.05, 3.63) is 34.7 Å². The van der Waals surface area contributed by atoms with Crippen LogP contribution in [0.2, 0.25) is 0 Å². The van der Waals surface area contributed by atoms with Gasteiger partial charge in [0.1, 0.15) is 0 Å². The Morgan fingerprint density at radius 1 is 1.29 bits per heavy atom. The van der Waals surface area contributed by atoms with Crippen LogP contribution in [0.3, 0.4) is 0 Å². The monoisotopic (exact) mass is 335 g/mol. The number of hydrogen-bond acceptors (Lipinski definition) is 3. The Kier molecular flexibility index (Phi) is 6.85.